The van der Waals surface area contributed by atoms with Crippen LogP contribution in [0, 0.1) is 11.3 Å². The lowest BCUT2D eigenvalue weighted by atomic mass is 9.85. The number of benzene rings is 2. The summed E-state index contributed by atoms with van der Waals surface area (Å²) < 4.78 is 34.2. The molecule has 5 atom stereocenters. The summed E-state index contributed by atoms with van der Waals surface area (Å²) in [5.41, 5.74) is -0.0893. The fourth-order valence-electron chi connectivity index (χ4n) is 8.34. The van der Waals surface area contributed by atoms with Crippen LogP contribution in [0.15, 0.2) is 72.3 Å². The number of aromatic nitrogens is 1. The summed E-state index contributed by atoms with van der Waals surface area (Å²) in [6.45, 7) is 10.7. The predicted molar refractivity (Wildman–Crippen MR) is 206 cm³/mol. The molecule has 2 aliphatic heterocycles. The van der Waals surface area contributed by atoms with Crippen LogP contribution in [0.1, 0.15) is 70.4 Å². The molecule has 13 nitrogen and oxygen atoms in total. The molecule has 7 rings (SSSR count). The minimum atomic E-state index is -4.37. The minimum absolute atomic E-state index is 0.0808. The molecule has 2 saturated carbocycles. The lowest BCUT2D eigenvalue weighted by molar-refractivity contribution is -0.142. The molecule has 0 spiro atoms. The van der Waals surface area contributed by atoms with Gasteiger partial charge in [-0.25, -0.2) is 22.9 Å². The Morgan fingerprint density at radius 1 is 1.04 bits per heavy atom. The van der Waals surface area contributed by atoms with E-state index in [0.29, 0.717) is 13.1 Å². The maximum atomic E-state index is 14.7. The third kappa shape index (κ3) is 7.81. The van der Waals surface area contributed by atoms with Crippen LogP contribution in [-0.4, -0.2) is 83.3 Å². The van der Waals surface area contributed by atoms with Gasteiger partial charge in [0, 0.05) is 37.8 Å². The fraction of sp³-hybridized carbons (Fsp3) is 0.475. The van der Waals surface area contributed by atoms with Gasteiger partial charge in [-0.15, -0.1) is 6.58 Å². The highest BCUT2D eigenvalue weighted by atomic mass is 35.5. The van der Waals surface area contributed by atoms with Crippen molar-refractivity contribution in [2.45, 2.75) is 107 Å². The number of nitrogens with one attached hydrogen (secondary N) is 3. The number of likely N-dealkylation sites (tertiary alicyclic amines) is 1. The normalized spacial score (nSPS) is 24.6. The summed E-state index contributed by atoms with van der Waals surface area (Å²) in [6, 6.07) is 12.6. The molecule has 15 heteroatoms. The van der Waals surface area contributed by atoms with Crippen LogP contribution in [-0.2, 0) is 42.2 Å². The number of carbonyl (C=O) groups excluding carboxylic acids is 4. The third-order valence-electron chi connectivity index (χ3n) is 11.4. The maximum Gasteiger partial charge on any atom is 0.408 e. The largest absolute Gasteiger partial charge is 0.446 e. The number of carbonyl (C=O) groups is 4. The van der Waals surface area contributed by atoms with Crippen LogP contribution in [0.2, 0.25) is 5.15 Å². The number of alkyl carbamates (subject to hydrolysis) is 1. The minimum Gasteiger partial charge on any atom is -0.446 e. The quantitative estimate of drug-likeness (QED) is 0.193. The summed E-state index contributed by atoms with van der Waals surface area (Å²) in [4.78, 5) is 63.5. The van der Waals surface area contributed by atoms with E-state index in [0.717, 1.165) is 48.4 Å². The second kappa shape index (κ2) is 14.8. The van der Waals surface area contributed by atoms with Crippen molar-refractivity contribution in [2.75, 3.05) is 6.54 Å². The van der Waals surface area contributed by atoms with E-state index in [1.807, 2.05) is 32.9 Å². The molecule has 4 amide bonds. The molecule has 3 heterocycles. The Kier molecular flexibility index (Phi) is 10.5. The first-order valence-electron chi connectivity index (χ1n) is 18.7. The average molecular weight is 791 g/mol. The Labute approximate surface area is 326 Å². The Balaban J connectivity index is 1.16. The number of halogens is 1. The lowest BCUT2D eigenvalue weighted by Gasteiger charge is -2.36. The molecule has 292 valence electrons. The second-order valence-electron chi connectivity index (χ2n) is 16.2. The topological polar surface area (TPSA) is 167 Å². The van der Waals surface area contributed by atoms with Crippen molar-refractivity contribution in [2.24, 2.45) is 11.3 Å². The molecule has 1 aromatic heterocycles. The highest BCUT2D eigenvalue weighted by Gasteiger charge is 2.61. The molecule has 4 aliphatic rings. The highest BCUT2D eigenvalue weighted by Crippen LogP contribution is 2.45. The van der Waals surface area contributed by atoms with Crippen molar-refractivity contribution >= 4 is 56.2 Å². The van der Waals surface area contributed by atoms with Gasteiger partial charge in [0.15, 0.2) is 0 Å². The van der Waals surface area contributed by atoms with Crippen LogP contribution in [0.3, 0.4) is 0 Å². The number of hydrogen-bond acceptors (Lipinski definition) is 9. The van der Waals surface area contributed by atoms with E-state index in [4.69, 9.17) is 16.3 Å². The van der Waals surface area contributed by atoms with Crippen molar-refractivity contribution < 1.29 is 32.3 Å². The Hall–Kier alpha value is -4.53. The molecule has 55 heavy (non-hydrogen) atoms. The van der Waals surface area contributed by atoms with E-state index in [1.54, 1.807) is 0 Å². The monoisotopic (exact) mass is 790 g/mol. The summed E-state index contributed by atoms with van der Waals surface area (Å²) in [7, 11) is -4.37. The Morgan fingerprint density at radius 3 is 2.29 bits per heavy atom. The summed E-state index contributed by atoms with van der Waals surface area (Å²) in [5, 5.41) is 8.12. The van der Waals surface area contributed by atoms with Gasteiger partial charge in [-0.1, -0.05) is 74.8 Å². The number of sulfonamides is 1. The molecule has 2 aromatic carbocycles. The van der Waals surface area contributed by atoms with E-state index in [9.17, 15) is 27.6 Å². The number of nitrogens with zero attached hydrogens (tertiary/aromatic N) is 3. The van der Waals surface area contributed by atoms with E-state index in [-0.39, 0.29) is 41.6 Å². The SMILES string of the molecule is C=C[C@@H]1C[C@]1(NC(=O)[C@@H]1C[C@@H](N2Cc3cccc4cccc(c34)C2)CN1C(=O)[C@@H](NC(=O)OC1CCCC1)C(C)(C)C)C(=O)NS(=O)(=O)c1ccc(Cl)nc1. The Morgan fingerprint density at radius 2 is 1.71 bits per heavy atom. The number of hydrogen-bond donors (Lipinski definition) is 3. The zero-order valence-corrected chi connectivity index (χ0v) is 32.8. The molecule has 3 N–H and O–H groups in total. The van der Waals surface area contributed by atoms with Crippen molar-refractivity contribution in [3.8, 4) is 0 Å². The first kappa shape index (κ1) is 38.7. The standard InChI is InChI=1S/C40H47ClN6O7S/c1-5-27-19-40(27,37(50)45-55(52,53)30-16-17-32(41)42-20-30)44-35(48)31-18-28(46-21-25-12-8-10-24-11-9-13-26(22-46)33(24)25)23-47(31)36(49)34(39(2,3)4)43-38(51)54-29-14-6-7-15-29/h5,8-13,16-17,20,27-29,31,34H,1,6-7,14-15,18-19,21-23H2,2-4H3,(H,43,51)(H,44,48)(H,45,50)/t27-,28-,31+,34-,40-/m1/s1. The van der Waals surface area contributed by atoms with E-state index >= 15 is 0 Å². The zero-order valence-electron chi connectivity index (χ0n) is 31.2. The summed E-state index contributed by atoms with van der Waals surface area (Å²) in [5.74, 6) is -2.56. The van der Waals surface area contributed by atoms with Crippen LogP contribution < -0.4 is 15.4 Å². The molecule has 0 bridgehead atoms. The molecule has 1 saturated heterocycles. The molecule has 2 aliphatic carbocycles. The van der Waals surface area contributed by atoms with Gasteiger partial charge in [0.05, 0.1) is 0 Å². The van der Waals surface area contributed by atoms with Crippen LogP contribution >= 0.6 is 11.6 Å². The number of amides is 4. The molecular weight excluding hydrogens is 744 g/mol. The van der Waals surface area contributed by atoms with Gasteiger partial charge >= 0.3 is 6.09 Å². The fourth-order valence-corrected chi connectivity index (χ4v) is 9.44. The summed E-state index contributed by atoms with van der Waals surface area (Å²) in [6.07, 6.45) is 5.46. The van der Waals surface area contributed by atoms with Gasteiger partial charge in [-0.2, -0.15) is 0 Å². The molecule has 3 aromatic rings. The van der Waals surface area contributed by atoms with Gasteiger partial charge in [0.2, 0.25) is 11.8 Å². The molecule has 0 radical (unpaired) electrons. The third-order valence-corrected chi connectivity index (χ3v) is 13.0. The number of ether oxygens (including phenoxy) is 1. The first-order valence-corrected chi connectivity index (χ1v) is 20.6. The molecule has 0 unspecified atom stereocenters. The van der Waals surface area contributed by atoms with Crippen molar-refractivity contribution in [1.82, 2.24) is 30.1 Å². The highest BCUT2D eigenvalue weighted by molar-refractivity contribution is 7.90. The predicted octanol–water partition coefficient (Wildman–Crippen LogP) is 4.82. The van der Waals surface area contributed by atoms with E-state index in [1.165, 1.54) is 28.5 Å². The summed E-state index contributed by atoms with van der Waals surface area (Å²) >= 11 is 5.84. The van der Waals surface area contributed by atoms with Gasteiger partial charge in [-0.3, -0.25) is 19.3 Å². The van der Waals surface area contributed by atoms with Crippen LogP contribution in [0.25, 0.3) is 10.8 Å². The average Bonchev–Trinajstić information content (AvgIpc) is 3.41. The maximum absolute atomic E-state index is 14.7. The molecule has 3 fully saturated rings. The number of pyridine rings is 1. The molecular formula is C40H47ClN6O7S. The zero-order chi connectivity index (χ0) is 39.3. The second-order valence-corrected chi connectivity index (χ2v) is 18.3. The van der Waals surface area contributed by atoms with Gasteiger partial charge in [0.25, 0.3) is 15.9 Å². The van der Waals surface area contributed by atoms with Gasteiger partial charge in [0.1, 0.15) is 33.8 Å². The van der Waals surface area contributed by atoms with E-state index in [2.05, 4.69) is 56.1 Å². The van der Waals surface area contributed by atoms with Gasteiger partial charge in [-0.05, 0) is 78.0 Å². The lowest BCUT2D eigenvalue weighted by Crippen LogP contribution is -2.60. The van der Waals surface area contributed by atoms with Crippen LogP contribution in [0.5, 0.6) is 0 Å². The smallest absolute Gasteiger partial charge is 0.408 e. The van der Waals surface area contributed by atoms with Gasteiger partial charge < -0.3 is 20.3 Å². The van der Waals surface area contributed by atoms with Crippen molar-refractivity contribution in [1.29, 1.82) is 0 Å². The Bertz CT molecular complexity index is 2090. The van der Waals surface area contributed by atoms with Crippen LogP contribution in [0.4, 0.5) is 4.79 Å². The van der Waals surface area contributed by atoms with E-state index < -0.39 is 62.8 Å². The first-order chi connectivity index (χ1) is 26.1. The van der Waals surface area contributed by atoms with Crippen molar-refractivity contribution in [3.05, 3.63) is 83.7 Å². The van der Waals surface area contributed by atoms with Crippen molar-refractivity contribution in [3.63, 3.8) is 0 Å². The number of rotatable bonds is 10.